The van der Waals surface area contributed by atoms with Crippen molar-refractivity contribution < 1.29 is 14.6 Å². The molecule has 1 aliphatic heterocycles. The fourth-order valence-corrected chi connectivity index (χ4v) is 2.06. The summed E-state index contributed by atoms with van der Waals surface area (Å²) in [6, 6.07) is 5.76. The Morgan fingerprint density at radius 2 is 2.39 bits per heavy atom. The molecule has 0 saturated carbocycles. The van der Waals surface area contributed by atoms with Gasteiger partial charge in [-0.2, -0.15) is 0 Å². The molecule has 2 rings (SSSR count). The van der Waals surface area contributed by atoms with Gasteiger partial charge in [0.05, 0.1) is 31.6 Å². The lowest BCUT2D eigenvalue weighted by molar-refractivity contribution is 0.00356. The second kappa shape index (κ2) is 5.93. The van der Waals surface area contributed by atoms with E-state index in [9.17, 15) is 0 Å². The smallest absolute Gasteiger partial charge is 0.144 e. The van der Waals surface area contributed by atoms with Crippen molar-refractivity contribution in [1.82, 2.24) is 0 Å². The quantitative estimate of drug-likeness (QED) is 0.778. The van der Waals surface area contributed by atoms with Crippen molar-refractivity contribution in [2.75, 3.05) is 43.5 Å². The maximum Gasteiger partial charge on any atom is 0.144 e. The molecule has 0 amide bonds. The topological polar surface area (TPSA) is 68.0 Å². The number of aliphatic hydroxyl groups is 1. The Morgan fingerprint density at radius 1 is 1.56 bits per heavy atom. The summed E-state index contributed by atoms with van der Waals surface area (Å²) in [5.41, 5.74) is 7.55. The van der Waals surface area contributed by atoms with Gasteiger partial charge >= 0.3 is 0 Å². The average Bonchev–Trinajstić information content (AvgIpc) is 2.41. The average molecular weight is 252 g/mol. The van der Waals surface area contributed by atoms with E-state index in [0.29, 0.717) is 31.2 Å². The number of nitrogens with two attached hydrogens (primary N) is 1. The van der Waals surface area contributed by atoms with Gasteiger partial charge in [0.25, 0.3) is 0 Å². The predicted molar refractivity (Wildman–Crippen MR) is 71.1 cm³/mol. The molecule has 1 fully saturated rings. The van der Waals surface area contributed by atoms with Gasteiger partial charge in [0.2, 0.25) is 0 Å². The van der Waals surface area contributed by atoms with E-state index in [0.717, 1.165) is 12.2 Å². The van der Waals surface area contributed by atoms with Crippen molar-refractivity contribution in [1.29, 1.82) is 0 Å². The lowest BCUT2D eigenvalue weighted by Crippen LogP contribution is -2.44. The number of hydrogen-bond acceptors (Lipinski definition) is 5. The van der Waals surface area contributed by atoms with Crippen LogP contribution in [0.25, 0.3) is 0 Å². The minimum Gasteiger partial charge on any atom is -0.492 e. The summed E-state index contributed by atoms with van der Waals surface area (Å²) in [6.45, 7) is 4.69. The summed E-state index contributed by atoms with van der Waals surface area (Å²) in [7, 11) is 0. The van der Waals surface area contributed by atoms with Gasteiger partial charge in [-0.05, 0) is 19.1 Å². The molecule has 5 nitrogen and oxygen atoms in total. The molecular weight excluding hydrogens is 232 g/mol. The lowest BCUT2D eigenvalue weighted by Gasteiger charge is -2.34. The highest BCUT2D eigenvalue weighted by molar-refractivity contribution is 5.62. The zero-order valence-electron chi connectivity index (χ0n) is 10.6. The molecule has 100 valence electrons. The Balaban J connectivity index is 2.14. The lowest BCUT2D eigenvalue weighted by atomic mass is 10.2. The molecule has 1 saturated heterocycles. The third-order valence-electron chi connectivity index (χ3n) is 3.00. The SMILES string of the molecule is CCOc1cc(N2CCOC(CO)C2)ccc1N. The third-order valence-corrected chi connectivity index (χ3v) is 3.00. The zero-order valence-corrected chi connectivity index (χ0v) is 10.6. The second-order valence-electron chi connectivity index (χ2n) is 4.28. The molecule has 18 heavy (non-hydrogen) atoms. The number of rotatable bonds is 4. The molecule has 0 aromatic heterocycles. The number of anilines is 2. The van der Waals surface area contributed by atoms with Gasteiger partial charge in [-0.1, -0.05) is 0 Å². The molecule has 1 aromatic rings. The fraction of sp³-hybridized carbons (Fsp3) is 0.538. The van der Waals surface area contributed by atoms with Crippen LogP contribution in [-0.4, -0.2) is 44.1 Å². The molecule has 1 unspecified atom stereocenters. The number of ether oxygens (including phenoxy) is 2. The third kappa shape index (κ3) is 2.86. The molecule has 0 bridgehead atoms. The number of nitrogen functional groups attached to an aromatic ring is 1. The first-order valence-corrected chi connectivity index (χ1v) is 6.24. The molecular formula is C13H20N2O3. The summed E-state index contributed by atoms with van der Waals surface area (Å²) < 4.78 is 10.9. The molecule has 1 atom stereocenters. The van der Waals surface area contributed by atoms with Crippen LogP contribution in [-0.2, 0) is 4.74 Å². The van der Waals surface area contributed by atoms with Crippen LogP contribution in [0, 0.1) is 0 Å². The number of nitrogens with zero attached hydrogens (tertiary/aromatic N) is 1. The molecule has 3 N–H and O–H groups in total. The van der Waals surface area contributed by atoms with E-state index in [4.69, 9.17) is 20.3 Å². The number of benzene rings is 1. The highest BCUT2D eigenvalue weighted by Gasteiger charge is 2.20. The van der Waals surface area contributed by atoms with E-state index in [1.54, 1.807) is 0 Å². The maximum atomic E-state index is 9.14. The van der Waals surface area contributed by atoms with Crippen LogP contribution >= 0.6 is 0 Å². The van der Waals surface area contributed by atoms with Crippen LogP contribution in [0.15, 0.2) is 18.2 Å². The molecule has 5 heteroatoms. The van der Waals surface area contributed by atoms with E-state index in [1.165, 1.54) is 0 Å². The minimum atomic E-state index is -0.119. The van der Waals surface area contributed by atoms with Crippen molar-refractivity contribution in [2.24, 2.45) is 0 Å². The predicted octanol–water partition coefficient (Wildman–Crippen LogP) is 0.865. The van der Waals surface area contributed by atoms with Gasteiger partial charge in [0.1, 0.15) is 5.75 Å². The first-order valence-electron chi connectivity index (χ1n) is 6.24. The zero-order chi connectivity index (χ0) is 13.0. The van der Waals surface area contributed by atoms with E-state index in [-0.39, 0.29) is 12.7 Å². The van der Waals surface area contributed by atoms with Crippen molar-refractivity contribution >= 4 is 11.4 Å². The van der Waals surface area contributed by atoms with Crippen LogP contribution in [0.4, 0.5) is 11.4 Å². The summed E-state index contributed by atoms with van der Waals surface area (Å²) in [4.78, 5) is 2.17. The Hall–Kier alpha value is -1.46. The highest BCUT2D eigenvalue weighted by Crippen LogP contribution is 2.28. The highest BCUT2D eigenvalue weighted by atomic mass is 16.5. The van der Waals surface area contributed by atoms with Crippen molar-refractivity contribution in [3.05, 3.63) is 18.2 Å². The molecule has 1 aliphatic rings. The summed E-state index contributed by atoms with van der Waals surface area (Å²) in [5.74, 6) is 0.710. The second-order valence-corrected chi connectivity index (χ2v) is 4.28. The van der Waals surface area contributed by atoms with Gasteiger partial charge in [-0.25, -0.2) is 0 Å². The molecule has 0 radical (unpaired) electrons. The molecule has 1 heterocycles. The van der Waals surface area contributed by atoms with E-state index >= 15 is 0 Å². The van der Waals surface area contributed by atoms with Crippen LogP contribution in [0.5, 0.6) is 5.75 Å². The summed E-state index contributed by atoms with van der Waals surface area (Å²) in [6.07, 6.45) is -0.119. The summed E-state index contributed by atoms with van der Waals surface area (Å²) in [5, 5.41) is 9.14. The van der Waals surface area contributed by atoms with Crippen LogP contribution < -0.4 is 15.4 Å². The van der Waals surface area contributed by atoms with Gasteiger partial charge < -0.3 is 25.2 Å². The van der Waals surface area contributed by atoms with Gasteiger partial charge in [-0.15, -0.1) is 0 Å². The van der Waals surface area contributed by atoms with Crippen LogP contribution in [0.3, 0.4) is 0 Å². The van der Waals surface area contributed by atoms with Crippen molar-refractivity contribution in [3.63, 3.8) is 0 Å². The maximum absolute atomic E-state index is 9.14. The normalized spacial score (nSPS) is 19.9. The van der Waals surface area contributed by atoms with Crippen molar-refractivity contribution in [2.45, 2.75) is 13.0 Å². The van der Waals surface area contributed by atoms with Crippen LogP contribution in [0.1, 0.15) is 6.92 Å². The van der Waals surface area contributed by atoms with Gasteiger partial charge in [0.15, 0.2) is 0 Å². The Morgan fingerprint density at radius 3 is 3.11 bits per heavy atom. The Kier molecular flexibility index (Phi) is 4.28. The first kappa shape index (κ1) is 13.0. The summed E-state index contributed by atoms with van der Waals surface area (Å²) >= 11 is 0. The molecule has 0 aliphatic carbocycles. The largest absolute Gasteiger partial charge is 0.492 e. The van der Waals surface area contributed by atoms with Crippen LogP contribution in [0.2, 0.25) is 0 Å². The number of hydrogen-bond donors (Lipinski definition) is 2. The Bertz CT molecular complexity index is 398. The molecule has 0 spiro atoms. The monoisotopic (exact) mass is 252 g/mol. The van der Waals surface area contributed by atoms with Gasteiger partial charge in [-0.3, -0.25) is 0 Å². The number of morpholine rings is 1. The van der Waals surface area contributed by atoms with E-state index in [1.807, 2.05) is 25.1 Å². The van der Waals surface area contributed by atoms with Crippen molar-refractivity contribution in [3.8, 4) is 5.75 Å². The van der Waals surface area contributed by atoms with Gasteiger partial charge in [0, 0.05) is 24.8 Å². The fourth-order valence-electron chi connectivity index (χ4n) is 2.06. The number of aliphatic hydroxyl groups excluding tert-OH is 1. The standard InChI is InChI=1S/C13H20N2O3/c1-2-17-13-7-10(3-4-12(13)14)15-5-6-18-11(8-15)9-16/h3-4,7,11,16H,2,5-6,8-9,14H2,1H3. The molecule has 1 aromatic carbocycles. The van der Waals surface area contributed by atoms with E-state index < -0.39 is 0 Å². The first-order chi connectivity index (χ1) is 8.74. The van der Waals surface area contributed by atoms with E-state index in [2.05, 4.69) is 4.90 Å². The Labute approximate surface area is 107 Å². The minimum absolute atomic E-state index is 0.0454.